The summed E-state index contributed by atoms with van der Waals surface area (Å²) in [5.74, 6) is -12.0. The van der Waals surface area contributed by atoms with Crippen LogP contribution < -0.4 is 11.1 Å². The molecule has 0 bridgehead atoms. The van der Waals surface area contributed by atoms with Crippen LogP contribution in [0.1, 0.15) is 0 Å². The summed E-state index contributed by atoms with van der Waals surface area (Å²) in [6, 6.07) is 0. The van der Waals surface area contributed by atoms with E-state index in [2.05, 4.69) is 5.73 Å². The monoisotopic (exact) mass is 270 g/mol. The molecule has 0 spiro atoms. The Labute approximate surface area is 97.2 Å². The van der Waals surface area contributed by atoms with Crippen molar-refractivity contribution in [3.05, 3.63) is 29.1 Å². The topological polar surface area (TPSA) is 75.4 Å². The molecule has 4 N–H and O–H groups in total. The standard InChI is InChI=1S/C9H7F5N2O2/c10-3-4(11)6(13)8(7(14)5(3)12)16-1-2(17)9(15)18/h2,16-17H,1H2,(H2,15,18). The van der Waals surface area contributed by atoms with Gasteiger partial charge in [0.2, 0.25) is 11.7 Å². The van der Waals surface area contributed by atoms with Crippen LogP contribution in [0.25, 0.3) is 0 Å². The highest BCUT2D eigenvalue weighted by Crippen LogP contribution is 2.26. The first kappa shape index (κ1) is 14.2. The number of aliphatic hydroxyl groups excluding tert-OH is 1. The molecule has 0 radical (unpaired) electrons. The van der Waals surface area contributed by atoms with Gasteiger partial charge >= 0.3 is 0 Å². The van der Waals surface area contributed by atoms with Crippen molar-refractivity contribution in [3.63, 3.8) is 0 Å². The summed E-state index contributed by atoms with van der Waals surface area (Å²) in [5, 5.41) is 10.6. The maximum atomic E-state index is 13.1. The molecule has 1 amide bonds. The van der Waals surface area contributed by atoms with Crippen molar-refractivity contribution in [2.75, 3.05) is 11.9 Å². The Balaban J connectivity index is 3.07. The van der Waals surface area contributed by atoms with Crippen molar-refractivity contribution >= 4 is 11.6 Å². The molecule has 0 saturated carbocycles. The molecule has 1 aromatic rings. The number of rotatable bonds is 4. The van der Waals surface area contributed by atoms with E-state index >= 15 is 0 Å². The normalized spacial score (nSPS) is 12.3. The molecule has 0 aliphatic rings. The second kappa shape index (κ2) is 5.17. The van der Waals surface area contributed by atoms with Crippen LogP contribution in [0.15, 0.2) is 0 Å². The van der Waals surface area contributed by atoms with Crippen molar-refractivity contribution in [2.24, 2.45) is 5.73 Å². The number of aliphatic hydroxyl groups is 1. The maximum absolute atomic E-state index is 13.1. The number of carbonyl (C=O) groups excluding carboxylic acids is 1. The smallest absolute Gasteiger partial charge is 0.248 e. The first-order valence-corrected chi connectivity index (χ1v) is 4.50. The Kier molecular flexibility index (Phi) is 4.07. The van der Waals surface area contributed by atoms with Gasteiger partial charge in [0.1, 0.15) is 11.8 Å². The van der Waals surface area contributed by atoms with Gasteiger partial charge in [0.05, 0.1) is 6.54 Å². The first-order chi connectivity index (χ1) is 8.27. The molecule has 0 heterocycles. The number of hydrogen-bond acceptors (Lipinski definition) is 3. The summed E-state index contributed by atoms with van der Waals surface area (Å²) in [6.07, 6.45) is -1.83. The molecular weight excluding hydrogens is 263 g/mol. The Bertz CT molecular complexity index is 465. The molecule has 1 atom stereocenters. The molecule has 1 unspecified atom stereocenters. The molecule has 1 aromatic carbocycles. The summed E-state index contributed by atoms with van der Waals surface area (Å²) in [4.78, 5) is 10.4. The van der Waals surface area contributed by atoms with Crippen LogP contribution in [0.4, 0.5) is 27.6 Å². The van der Waals surface area contributed by atoms with Crippen LogP contribution in [-0.4, -0.2) is 23.7 Å². The van der Waals surface area contributed by atoms with Gasteiger partial charge in [0, 0.05) is 0 Å². The average molecular weight is 270 g/mol. The van der Waals surface area contributed by atoms with Gasteiger partial charge in [0.25, 0.3) is 0 Å². The fraction of sp³-hybridized carbons (Fsp3) is 0.222. The summed E-state index contributed by atoms with van der Waals surface area (Å²) in [6.45, 7) is -0.798. The first-order valence-electron chi connectivity index (χ1n) is 4.50. The Morgan fingerprint density at radius 3 is 1.83 bits per heavy atom. The number of anilines is 1. The van der Waals surface area contributed by atoms with E-state index < -0.39 is 53.3 Å². The van der Waals surface area contributed by atoms with Crippen LogP contribution in [0.3, 0.4) is 0 Å². The second-order valence-electron chi connectivity index (χ2n) is 3.24. The minimum Gasteiger partial charge on any atom is -0.381 e. The van der Waals surface area contributed by atoms with Crippen LogP contribution >= 0.6 is 0 Å². The highest BCUT2D eigenvalue weighted by molar-refractivity contribution is 5.79. The lowest BCUT2D eigenvalue weighted by Crippen LogP contribution is -2.34. The second-order valence-corrected chi connectivity index (χ2v) is 3.24. The molecule has 100 valence electrons. The SMILES string of the molecule is NC(=O)C(O)CNc1c(F)c(F)c(F)c(F)c1F. The molecule has 1 rings (SSSR count). The fourth-order valence-corrected chi connectivity index (χ4v) is 1.06. The summed E-state index contributed by atoms with van der Waals surface area (Å²) < 4.78 is 64.3. The number of carbonyl (C=O) groups is 1. The summed E-state index contributed by atoms with van der Waals surface area (Å²) in [5.41, 5.74) is 3.29. The third-order valence-electron chi connectivity index (χ3n) is 2.01. The van der Waals surface area contributed by atoms with Gasteiger partial charge in [-0.05, 0) is 0 Å². The van der Waals surface area contributed by atoms with Crippen molar-refractivity contribution in [2.45, 2.75) is 6.10 Å². The predicted octanol–water partition coefficient (Wildman–Crippen LogP) is 0.640. The van der Waals surface area contributed by atoms with Gasteiger partial charge in [-0.2, -0.15) is 0 Å². The summed E-state index contributed by atoms with van der Waals surface area (Å²) >= 11 is 0. The summed E-state index contributed by atoms with van der Waals surface area (Å²) in [7, 11) is 0. The van der Waals surface area contributed by atoms with Crippen LogP contribution in [0, 0.1) is 29.1 Å². The molecule has 0 aliphatic heterocycles. The molecule has 9 heteroatoms. The number of nitrogens with two attached hydrogens (primary N) is 1. The van der Waals surface area contributed by atoms with E-state index in [-0.39, 0.29) is 0 Å². The lowest BCUT2D eigenvalue weighted by Gasteiger charge is -2.12. The fourth-order valence-electron chi connectivity index (χ4n) is 1.06. The lowest BCUT2D eigenvalue weighted by atomic mass is 10.2. The van der Waals surface area contributed by atoms with E-state index in [9.17, 15) is 26.7 Å². The van der Waals surface area contributed by atoms with Crippen molar-refractivity contribution in [1.29, 1.82) is 0 Å². The Morgan fingerprint density at radius 2 is 1.44 bits per heavy atom. The zero-order chi connectivity index (χ0) is 14.0. The minimum absolute atomic E-state index is 0.798. The molecular formula is C9H7F5N2O2. The van der Waals surface area contributed by atoms with Gasteiger partial charge in [-0.1, -0.05) is 0 Å². The molecule has 0 fully saturated rings. The third kappa shape index (κ3) is 2.50. The van der Waals surface area contributed by atoms with E-state index in [1.54, 1.807) is 5.32 Å². The minimum atomic E-state index is -2.30. The van der Waals surface area contributed by atoms with Gasteiger partial charge in [-0.3, -0.25) is 4.79 Å². The van der Waals surface area contributed by atoms with E-state index in [4.69, 9.17) is 5.11 Å². The highest BCUT2D eigenvalue weighted by Gasteiger charge is 2.26. The average Bonchev–Trinajstić information content (AvgIpc) is 2.33. The maximum Gasteiger partial charge on any atom is 0.248 e. The van der Waals surface area contributed by atoms with Gasteiger partial charge in [-0.25, -0.2) is 22.0 Å². The van der Waals surface area contributed by atoms with Gasteiger partial charge < -0.3 is 16.2 Å². The Hall–Kier alpha value is -1.90. The van der Waals surface area contributed by atoms with Crippen molar-refractivity contribution < 1.29 is 31.9 Å². The predicted molar refractivity (Wildman–Crippen MR) is 49.9 cm³/mol. The van der Waals surface area contributed by atoms with Gasteiger partial charge in [-0.15, -0.1) is 0 Å². The van der Waals surface area contributed by atoms with Gasteiger partial charge in [0.15, 0.2) is 23.3 Å². The number of amides is 1. The van der Waals surface area contributed by atoms with Crippen LogP contribution in [-0.2, 0) is 4.79 Å². The number of nitrogens with one attached hydrogen (secondary N) is 1. The Morgan fingerprint density at radius 1 is 1.06 bits per heavy atom. The highest BCUT2D eigenvalue weighted by atomic mass is 19.2. The van der Waals surface area contributed by atoms with E-state index in [1.165, 1.54) is 0 Å². The van der Waals surface area contributed by atoms with E-state index in [0.29, 0.717) is 0 Å². The number of halogens is 5. The van der Waals surface area contributed by atoms with Crippen molar-refractivity contribution in [3.8, 4) is 0 Å². The molecule has 0 aliphatic carbocycles. The largest absolute Gasteiger partial charge is 0.381 e. The number of hydrogen-bond donors (Lipinski definition) is 3. The zero-order valence-corrected chi connectivity index (χ0v) is 8.61. The third-order valence-corrected chi connectivity index (χ3v) is 2.01. The van der Waals surface area contributed by atoms with E-state index in [0.717, 1.165) is 0 Å². The molecule has 18 heavy (non-hydrogen) atoms. The molecule has 0 aromatic heterocycles. The molecule has 4 nitrogen and oxygen atoms in total. The van der Waals surface area contributed by atoms with Crippen LogP contribution in [0.2, 0.25) is 0 Å². The zero-order valence-electron chi connectivity index (χ0n) is 8.61. The quantitative estimate of drug-likeness (QED) is 0.427. The lowest BCUT2D eigenvalue weighted by molar-refractivity contribution is -0.125. The van der Waals surface area contributed by atoms with Crippen molar-refractivity contribution in [1.82, 2.24) is 0 Å². The van der Waals surface area contributed by atoms with E-state index in [1.807, 2.05) is 0 Å². The van der Waals surface area contributed by atoms with Crippen LogP contribution in [0.5, 0.6) is 0 Å². The number of primary amides is 1. The molecule has 0 saturated heterocycles. The number of benzene rings is 1.